The number of nitrogens with zero attached hydrogens (tertiary/aromatic N) is 1. The molecule has 1 N–H and O–H groups in total. The zero-order valence-corrected chi connectivity index (χ0v) is 11.7. The maximum Gasteiger partial charge on any atom is 0.170 e. The number of aromatic nitrogens is 1. The largest absolute Gasteiger partial charge is 0.360 e. The first-order chi connectivity index (χ1) is 9.64. The van der Waals surface area contributed by atoms with Gasteiger partial charge in [0.05, 0.1) is 11.6 Å². The maximum absolute atomic E-state index is 12.9. The smallest absolute Gasteiger partial charge is 0.170 e. The zero-order valence-electron chi connectivity index (χ0n) is 11.7. The Kier molecular flexibility index (Phi) is 3.10. The second kappa shape index (κ2) is 4.79. The number of carbonyl (C=O) groups is 1. The Balaban J connectivity index is 2.05. The van der Waals surface area contributed by atoms with Crippen LogP contribution in [-0.4, -0.2) is 10.8 Å². The summed E-state index contributed by atoms with van der Waals surface area (Å²) in [5, 5.41) is 9.89. The summed E-state index contributed by atoms with van der Waals surface area (Å²) in [5.74, 6) is 0.221. The summed E-state index contributed by atoms with van der Waals surface area (Å²) in [5.41, 5.74) is 2.02. The number of nitriles is 1. The van der Waals surface area contributed by atoms with Gasteiger partial charge in [-0.2, -0.15) is 5.26 Å². The molecule has 1 aromatic heterocycles. The molecule has 3 heteroatoms. The minimum atomic E-state index is -0.240. The number of ketones is 1. The van der Waals surface area contributed by atoms with E-state index in [1.165, 1.54) is 6.42 Å². The van der Waals surface area contributed by atoms with Crippen molar-refractivity contribution in [2.24, 2.45) is 5.41 Å². The van der Waals surface area contributed by atoms with Gasteiger partial charge in [0.1, 0.15) is 0 Å². The topological polar surface area (TPSA) is 56.6 Å². The molecule has 0 saturated heterocycles. The highest BCUT2D eigenvalue weighted by Crippen LogP contribution is 2.39. The van der Waals surface area contributed by atoms with Gasteiger partial charge in [-0.1, -0.05) is 26.2 Å². The molecule has 1 heterocycles. The molecule has 0 aliphatic heterocycles. The molecule has 3 rings (SSSR count). The number of benzene rings is 1. The SMILES string of the molecule is CC1(C(=O)c2c[nH]c3ccc(C#N)cc23)CCCCC1. The third-order valence-corrected chi connectivity index (χ3v) is 4.56. The molecule has 0 amide bonds. The number of hydrogen-bond donors (Lipinski definition) is 1. The molecule has 1 fully saturated rings. The second-order valence-corrected chi connectivity index (χ2v) is 6.02. The summed E-state index contributed by atoms with van der Waals surface area (Å²) in [6, 6.07) is 7.59. The lowest BCUT2D eigenvalue weighted by Crippen LogP contribution is -2.30. The number of fused-ring (bicyclic) bond motifs is 1. The minimum Gasteiger partial charge on any atom is -0.360 e. The molecule has 102 valence electrons. The lowest BCUT2D eigenvalue weighted by molar-refractivity contribution is 0.0751. The second-order valence-electron chi connectivity index (χ2n) is 6.02. The van der Waals surface area contributed by atoms with Gasteiger partial charge in [-0.25, -0.2) is 0 Å². The number of rotatable bonds is 2. The monoisotopic (exact) mass is 266 g/mol. The van der Waals surface area contributed by atoms with Gasteiger partial charge in [0, 0.05) is 28.1 Å². The lowest BCUT2D eigenvalue weighted by Gasteiger charge is -2.31. The van der Waals surface area contributed by atoms with Gasteiger partial charge in [0.15, 0.2) is 5.78 Å². The van der Waals surface area contributed by atoms with Crippen LogP contribution in [0.3, 0.4) is 0 Å². The molecule has 1 aliphatic carbocycles. The highest BCUT2D eigenvalue weighted by Gasteiger charge is 2.36. The van der Waals surface area contributed by atoms with Gasteiger partial charge >= 0.3 is 0 Å². The average molecular weight is 266 g/mol. The van der Waals surface area contributed by atoms with E-state index in [-0.39, 0.29) is 11.2 Å². The predicted octanol–water partition coefficient (Wildman–Crippen LogP) is 4.19. The summed E-state index contributed by atoms with van der Waals surface area (Å²) in [6.45, 7) is 2.08. The number of carbonyl (C=O) groups excluding carboxylic acids is 1. The maximum atomic E-state index is 12.9. The van der Waals surface area contributed by atoms with Crippen molar-refractivity contribution in [1.82, 2.24) is 4.98 Å². The van der Waals surface area contributed by atoms with E-state index < -0.39 is 0 Å². The molecule has 0 radical (unpaired) electrons. The van der Waals surface area contributed by atoms with Gasteiger partial charge in [-0.15, -0.1) is 0 Å². The Hall–Kier alpha value is -2.08. The van der Waals surface area contributed by atoms with E-state index in [1.807, 2.05) is 12.1 Å². The molecule has 3 nitrogen and oxygen atoms in total. The fourth-order valence-electron chi connectivity index (χ4n) is 3.26. The number of Topliss-reactive ketones (excluding diaryl/α,β-unsaturated/α-hetero) is 1. The first kappa shape index (κ1) is 12.9. The normalized spacial score (nSPS) is 17.8. The molecule has 0 spiro atoms. The minimum absolute atomic E-state index is 0.221. The van der Waals surface area contributed by atoms with Crippen molar-refractivity contribution in [3.8, 4) is 6.07 Å². The van der Waals surface area contributed by atoms with Crippen LogP contribution in [0.2, 0.25) is 0 Å². The van der Waals surface area contributed by atoms with E-state index in [4.69, 9.17) is 5.26 Å². The first-order valence-electron chi connectivity index (χ1n) is 7.20. The van der Waals surface area contributed by atoms with Crippen LogP contribution in [0.15, 0.2) is 24.4 Å². The van der Waals surface area contributed by atoms with Gasteiger partial charge in [-0.3, -0.25) is 4.79 Å². The van der Waals surface area contributed by atoms with E-state index >= 15 is 0 Å². The molecule has 1 aromatic carbocycles. The van der Waals surface area contributed by atoms with E-state index in [0.29, 0.717) is 5.56 Å². The predicted molar refractivity (Wildman–Crippen MR) is 78.5 cm³/mol. The van der Waals surface area contributed by atoms with Crippen LogP contribution < -0.4 is 0 Å². The molecule has 0 atom stereocenters. The van der Waals surface area contributed by atoms with Crippen LogP contribution in [0.25, 0.3) is 10.9 Å². The van der Waals surface area contributed by atoms with Crippen molar-refractivity contribution < 1.29 is 4.79 Å². The Morgan fingerprint density at radius 3 is 2.75 bits per heavy atom. The van der Waals surface area contributed by atoms with Crippen LogP contribution in [-0.2, 0) is 0 Å². The summed E-state index contributed by atoms with van der Waals surface area (Å²) < 4.78 is 0. The van der Waals surface area contributed by atoms with E-state index in [9.17, 15) is 4.79 Å². The third-order valence-electron chi connectivity index (χ3n) is 4.56. The highest BCUT2D eigenvalue weighted by molar-refractivity contribution is 6.10. The van der Waals surface area contributed by atoms with Crippen molar-refractivity contribution in [3.63, 3.8) is 0 Å². The number of nitrogens with one attached hydrogen (secondary N) is 1. The highest BCUT2D eigenvalue weighted by atomic mass is 16.1. The standard InChI is InChI=1S/C17H18N2O/c1-17(7-3-2-4-8-17)16(20)14-11-19-15-6-5-12(10-18)9-13(14)15/h5-6,9,11,19H,2-4,7-8H2,1H3. The Bertz CT molecular complexity index is 699. The van der Waals surface area contributed by atoms with Crippen molar-refractivity contribution in [1.29, 1.82) is 5.26 Å². The van der Waals surface area contributed by atoms with Crippen LogP contribution in [0.5, 0.6) is 0 Å². The van der Waals surface area contributed by atoms with Crippen LogP contribution in [0.4, 0.5) is 0 Å². The first-order valence-corrected chi connectivity index (χ1v) is 7.20. The summed E-state index contributed by atoms with van der Waals surface area (Å²) in [6.07, 6.45) is 7.23. The molecular weight excluding hydrogens is 248 g/mol. The Labute approximate surface area is 118 Å². The van der Waals surface area contributed by atoms with Gasteiger partial charge < -0.3 is 4.98 Å². The molecule has 0 unspecified atom stereocenters. The van der Waals surface area contributed by atoms with Crippen LogP contribution in [0, 0.1) is 16.7 Å². The van der Waals surface area contributed by atoms with Crippen molar-refractivity contribution >= 4 is 16.7 Å². The summed E-state index contributed by atoms with van der Waals surface area (Å²) in [4.78, 5) is 16.0. The van der Waals surface area contributed by atoms with E-state index in [0.717, 1.165) is 42.1 Å². The quantitative estimate of drug-likeness (QED) is 0.828. The van der Waals surface area contributed by atoms with Crippen LogP contribution >= 0.6 is 0 Å². The molecule has 1 saturated carbocycles. The van der Waals surface area contributed by atoms with Crippen molar-refractivity contribution in [3.05, 3.63) is 35.5 Å². The Morgan fingerprint density at radius 2 is 2.05 bits per heavy atom. The molecule has 1 aliphatic rings. The molecule has 0 bridgehead atoms. The Morgan fingerprint density at radius 1 is 1.30 bits per heavy atom. The summed E-state index contributed by atoms with van der Waals surface area (Å²) in [7, 11) is 0. The fourth-order valence-corrected chi connectivity index (χ4v) is 3.26. The molecule has 2 aromatic rings. The van der Waals surface area contributed by atoms with E-state index in [2.05, 4.69) is 18.0 Å². The lowest BCUT2D eigenvalue weighted by atomic mass is 9.71. The number of aromatic amines is 1. The number of hydrogen-bond acceptors (Lipinski definition) is 2. The zero-order chi connectivity index (χ0) is 14.2. The average Bonchev–Trinajstić information content (AvgIpc) is 2.89. The molecular formula is C17H18N2O. The van der Waals surface area contributed by atoms with Gasteiger partial charge in [-0.05, 0) is 31.0 Å². The van der Waals surface area contributed by atoms with Gasteiger partial charge in [0.2, 0.25) is 0 Å². The van der Waals surface area contributed by atoms with Gasteiger partial charge in [0.25, 0.3) is 0 Å². The van der Waals surface area contributed by atoms with Crippen molar-refractivity contribution in [2.45, 2.75) is 39.0 Å². The molecule has 20 heavy (non-hydrogen) atoms. The van der Waals surface area contributed by atoms with E-state index in [1.54, 1.807) is 12.3 Å². The van der Waals surface area contributed by atoms with Crippen LogP contribution in [0.1, 0.15) is 54.9 Å². The van der Waals surface area contributed by atoms with Crippen molar-refractivity contribution in [2.75, 3.05) is 0 Å². The number of H-pyrrole nitrogens is 1. The summed E-state index contributed by atoms with van der Waals surface area (Å²) >= 11 is 0. The fraction of sp³-hybridized carbons (Fsp3) is 0.412. The third kappa shape index (κ3) is 2.02.